The standard InChI is InChI=1S/C19H29NO/c1-16(2)13-14-19(15-21-20-17(3)4)12-8-11-18-9-6-5-7-10-18/h5-7,9-10,13,19H,8,11-12,14-15H2,1-4H3/t19-/m0/s1. The molecule has 0 saturated heterocycles. The van der Waals surface area contributed by atoms with Crippen molar-refractivity contribution in [2.24, 2.45) is 11.1 Å². The molecule has 2 heteroatoms. The Kier molecular flexibility index (Phi) is 8.49. The summed E-state index contributed by atoms with van der Waals surface area (Å²) >= 11 is 0. The minimum Gasteiger partial charge on any atom is -0.396 e. The second kappa shape index (κ2) is 10.2. The Bertz CT molecular complexity index is 440. The van der Waals surface area contributed by atoms with E-state index in [0.717, 1.165) is 18.6 Å². The van der Waals surface area contributed by atoms with E-state index < -0.39 is 0 Å². The lowest BCUT2D eigenvalue weighted by Crippen LogP contribution is -2.08. The number of rotatable bonds is 9. The Morgan fingerprint density at radius 1 is 1.14 bits per heavy atom. The summed E-state index contributed by atoms with van der Waals surface area (Å²) in [5, 5.41) is 4.05. The molecule has 0 aliphatic rings. The first-order valence-electron chi connectivity index (χ1n) is 7.88. The second-order valence-corrected chi connectivity index (χ2v) is 6.10. The number of benzene rings is 1. The first-order valence-corrected chi connectivity index (χ1v) is 7.88. The highest BCUT2D eigenvalue weighted by molar-refractivity contribution is 5.78. The molecular weight excluding hydrogens is 258 g/mol. The first-order chi connectivity index (χ1) is 10.1. The lowest BCUT2D eigenvalue weighted by atomic mass is 9.96. The third-order valence-corrected chi connectivity index (χ3v) is 3.34. The smallest absolute Gasteiger partial charge is 0.120 e. The SMILES string of the molecule is CC(C)=CC[C@H](CCCc1ccccc1)CON=C(C)C. The molecule has 0 heterocycles. The number of hydrogen-bond acceptors (Lipinski definition) is 2. The molecule has 0 aliphatic carbocycles. The minimum absolute atomic E-state index is 0.548. The molecule has 116 valence electrons. The molecule has 0 fully saturated rings. The summed E-state index contributed by atoms with van der Waals surface area (Å²) in [6.45, 7) is 8.93. The fourth-order valence-electron chi connectivity index (χ4n) is 2.18. The van der Waals surface area contributed by atoms with Crippen LogP contribution in [0.3, 0.4) is 0 Å². The summed E-state index contributed by atoms with van der Waals surface area (Å²) in [6, 6.07) is 10.7. The zero-order valence-electron chi connectivity index (χ0n) is 13.9. The van der Waals surface area contributed by atoms with Gasteiger partial charge in [-0.05, 0) is 64.9 Å². The van der Waals surface area contributed by atoms with Crippen molar-refractivity contribution in [1.82, 2.24) is 0 Å². The lowest BCUT2D eigenvalue weighted by Gasteiger charge is -2.14. The maximum Gasteiger partial charge on any atom is 0.120 e. The van der Waals surface area contributed by atoms with Crippen molar-refractivity contribution >= 4 is 5.71 Å². The number of oxime groups is 1. The van der Waals surface area contributed by atoms with E-state index in [-0.39, 0.29) is 0 Å². The molecule has 1 aromatic carbocycles. The van der Waals surface area contributed by atoms with Crippen LogP contribution in [0.2, 0.25) is 0 Å². The maximum atomic E-state index is 5.45. The number of nitrogens with zero attached hydrogens (tertiary/aromatic N) is 1. The van der Waals surface area contributed by atoms with E-state index in [2.05, 4.69) is 55.4 Å². The summed E-state index contributed by atoms with van der Waals surface area (Å²) in [6.07, 6.45) is 6.90. The van der Waals surface area contributed by atoms with Crippen molar-refractivity contribution in [1.29, 1.82) is 0 Å². The predicted molar refractivity (Wildman–Crippen MR) is 91.7 cm³/mol. The van der Waals surface area contributed by atoms with Gasteiger partial charge in [0, 0.05) is 0 Å². The highest BCUT2D eigenvalue weighted by atomic mass is 16.6. The Hall–Kier alpha value is -1.57. The van der Waals surface area contributed by atoms with Gasteiger partial charge in [-0.3, -0.25) is 0 Å². The van der Waals surface area contributed by atoms with Crippen LogP contribution in [0.25, 0.3) is 0 Å². The van der Waals surface area contributed by atoms with E-state index in [0.29, 0.717) is 12.5 Å². The van der Waals surface area contributed by atoms with Gasteiger partial charge in [-0.25, -0.2) is 0 Å². The molecule has 1 rings (SSSR count). The van der Waals surface area contributed by atoms with Gasteiger partial charge < -0.3 is 4.84 Å². The van der Waals surface area contributed by atoms with Crippen LogP contribution >= 0.6 is 0 Å². The minimum atomic E-state index is 0.548. The number of aryl methyl sites for hydroxylation is 1. The monoisotopic (exact) mass is 287 g/mol. The predicted octanol–water partition coefficient (Wildman–Crippen LogP) is 5.39. The summed E-state index contributed by atoms with van der Waals surface area (Å²) in [5.74, 6) is 0.548. The molecule has 0 spiro atoms. The van der Waals surface area contributed by atoms with Crippen LogP contribution in [0, 0.1) is 5.92 Å². The Labute approximate surface area is 129 Å². The molecule has 0 amide bonds. The first kappa shape index (κ1) is 17.5. The zero-order valence-corrected chi connectivity index (χ0v) is 13.9. The van der Waals surface area contributed by atoms with Gasteiger partial charge in [0.25, 0.3) is 0 Å². The van der Waals surface area contributed by atoms with Gasteiger partial charge >= 0.3 is 0 Å². The van der Waals surface area contributed by atoms with E-state index >= 15 is 0 Å². The molecule has 0 aromatic heterocycles. The van der Waals surface area contributed by atoms with Crippen molar-refractivity contribution in [3.63, 3.8) is 0 Å². The van der Waals surface area contributed by atoms with Gasteiger partial charge in [0.1, 0.15) is 6.61 Å². The highest BCUT2D eigenvalue weighted by Gasteiger charge is 2.08. The van der Waals surface area contributed by atoms with E-state index in [4.69, 9.17) is 4.84 Å². The molecule has 0 bridgehead atoms. The topological polar surface area (TPSA) is 21.6 Å². The van der Waals surface area contributed by atoms with Crippen LogP contribution in [0.5, 0.6) is 0 Å². The fraction of sp³-hybridized carbons (Fsp3) is 0.526. The average Bonchev–Trinajstić information content (AvgIpc) is 2.45. The molecule has 0 saturated carbocycles. The average molecular weight is 287 g/mol. The quantitative estimate of drug-likeness (QED) is 0.339. The van der Waals surface area contributed by atoms with E-state index in [1.165, 1.54) is 24.0 Å². The van der Waals surface area contributed by atoms with Crippen LogP contribution in [0.1, 0.15) is 52.5 Å². The van der Waals surface area contributed by atoms with Gasteiger partial charge in [0.2, 0.25) is 0 Å². The summed E-state index contributed by atoms with van der Waals surface area (Å²) < 4.78 is 0. The maximum absolute atomic E-state index is 5.45. The molecule has 1 aromatic rings. The molecule has 1 atom stereocenters. The van der Waals surface area contributed by atoms with E-state index in [9.17, 15) is 0 Å². The van der Waals surface area contributed by atoms with E-state index in [1.807, 2.05) is 13.8 Å². The normalized spacial score (nSPS) is 11.6. The van der Waals surface area contributed by atoms with Crippen molar-refractivity contribution in [2.45, 2.75) is 53.4 Å². The summed E-state index contributed by atoms with van der Waals surface area (Å²) in [4.78, 5) is 5.45. The van der Waals surface area contributed by atoms with Gasteiger partial charge in [-0.1, -0.05) is 47.1 Å². The largest absolute Gasteiger partial charge is 0.396 e. The van der Waals surface area contributed by atoms with Gasteiger partial charge in [-0.15, -0.1) is 0 Å². The lowest BCUT2D eigenvalue weighted by molar-refractivity contribution is 0.103. The molecule has 0 aliphatic heterocycles. The fourth-order valence-corrected chi connectivity index (χ4v) is 2.18. The molecule has 2 nitrogen and oxygen atoms in total. The van der Waals surface area contributed by atoms with Crippen LogP contribution < -0.4 is 0 Å². The third kappa shape index (κ3) is 9.06. The molecule has 21 heavy (non-hydrogen) atoms. The molecular formula is C19H29NO. The van der Waals surface area contributed by atoms with Gasteiger partial charge in [0.05, 0.1) is 5.71 Å². The molecule has 0 N–H and O–H groups in total. The highest BCUT2D eigenvalue weighted by Crippen LogP contribution is 2.16. The Balaban J connectivity index is 2.40. The third-order valence-electron chi connectivity index (χ3n) is 3.34. The zero-order chi connectivity index (χ0) is 15.5. The Morgan fingerprint density at radius 2 is 1.86 bits per heavy atom. The van der Waals surface area contributed by atoms with Crippen molar-refractivity contribution in [3.05, 3.63) is 47.5 Å². The number of allylic oxidation sites excluding steroid dienone is 2. The van der Waals surface area contributed by atoms with Crippen LogP contribution in [-0.2, 0) is 11.3 Å². The van der Waals surface area contributed by atoms with Crippen molar-refractivity contribution in [2.75, 3.05) is 6.61 Å². The molecule has 0 unspecified atom stereocenters. The summed E-state index contributed by atoms with van der Waals surface area (Å²) in [7, 11) is 0. The second-order valence-electron chi connectivity index (χ2n) is 6.10. The van der Waals surface area contributed by atoms with Gasteiger partial charge in [-0.2, -0.15) is 0 Å². The van der Waals surface area contributed by atoms with Crippen molar-refractivity contribution in [3.8, 4) is 0 Å². The van der Waals surface area contributed by atoms with Crippen molar-refractivity contribution < 1.29 is 4.84 Å². The van der Waals surface area contributed by atoms with Crippen LogP contribution in [0.15, 0.2) is 47.1 Å². The Morgan fingerprint density at radius 3 is 2.48 bits per heavy atom. The van der Waals surface area contributed by atoms with Gasteiger partial charge in [0.15, 0.2) is 0 Å². The number of hydrogen-bond donors (Lipinski definition) is 0. The summed E-state index contributed by atoms with van der Waals surface area (Å²) in [5.41, 5.74) is 3.76. The molecule has 0 radical (unpaired) electrons. The van der Waals surface area contributed by atoms with Crippen LogP contribution in [0.4, 0.5) is 0 Å². The van der Waals surface area contributed by atoms with E-state index in [1.54, 1.807) is 0 Å². The van der Waals surface area contributed by atoms with Crippen LogP contribution in [-0.4, -0.2) is 12.3 Å².